The Morgan fingerprint density at radius 2 is 1.82 bits per heavy atom. The van der Waals surface area contributed by atoms with Crippen LogP contribution < -0.4 is 15.3 Å². The SMILES string of the molecule is C=CC(=O)N1CCN(c2nc(=O)n(-c3c(C4CCC4)cncc3S(C)(=O)=O)c3nc(-c4c(F)cccc4OC(=O)C4CC4)c(F)cc23)[C@@H](C)C1. The Kier molecular flexibility index (Phi) is 8.48. The van der Waals surface area contributed by atoms with Crippen LogP contribution in [-0.4, -0.2) is 76.6 Å². The van der Waals surface area contributed by atoms with Gasteiger partial charge in [0, 0.05) is 44.3 Å². The van der Waals surface area contributed by atoms with Crippen LogP contribution in [0.15, 0.2) is 59.0 Å². The van der Waals surface area contributed by atoms with Crippen molar-refractivity contribution in [1.29, 1.82) is 0 Å². The van der Waals surface area contributed by atoms with E-state index in [1.807, 2.05) is 6.92 Å². The van der Waals surface area contributed by atoms with Gasteiger partial charge in [-0.25, -0.2) is 31.5 Å². The van der Waals surface area contributed by atoms with Gasteiger partial charge in [-0.05, 0) is 68.4 Å². The number of sulfone groups is 1. The molecule has 4 aromatic rings. The third-order valence-electron chi connectivity index (χ3n) is 9.60. The summed E-state index contributed by atoms with van der Waals surface area (Å²) in [6, 6.07) is 4.42. The van der Waals surface area contributed by atoms with Crippen molar-refractivity contribution < 1.29 is 31.5 Å². The number of piperazine rings is 1. The van der Waals surface area contributed by atoms with E-state index in [9.17, 15) is 22.8 Å². The summed E-state index contributed by atoms with van der Waals surface area (Å²) in [6.45, 7) is 6.11. The third-order valence-corrected chi connectivity index (χ3v) is 10.7. The van der Waals surface area contributed by atoms with Gasteiger partial charge in [0.1, 0.15) is 28.0 Å². The van der Waals surface area contributed by atoms with Gasteiger partial charge in [0.2, 0.25) is 5.91 Å². The van der Waals surface area contributed by atoms with E-state index < -0.39 is 44.4 Å². The number of rotatable bonds is 8. The highest BCUT2D eigenvalue weighted by Crippen LogP contribution is 2.42. The predicted molar refractivity (Wildman–Crippen MR) is 180 cm³/mol. The Hall–Kier alpha value is -5.05. The second-order valence-electron chi connectivity index (χ2n) is 13.1. The van der Waals surface area contributed by atoms with Crippen LogP contribution in [0, 0.1) is 17.6 Å². The summed E-state index contributed by atoms with van der Waals surface area (Å²) in [7, 11) is -3.99. The minimum atomic E-state index is -3.99. The number of carbonyl (C=O) groups excluding carboxylic acids is 2. The Bertz CT molecular complexity index is 2250. The number of aromatic nitrogens is 4. The Morgan fingerprint density at radius 3 is 2.46 bits per heavy atom. The van der Waals surface area contributed by atoms with E-state index in [0.717, 1.165) is 48.4 Å². The minimum absolute atomic E-state index is 0.00493. The molecule has 3 aromatic heterocycles. The van der Waals surface area contributed by atoms with E-state index in [4.69, 9.17) is 4.74 Å². The van der Waals surface area contributed by atoms with Crippen LogP contribution in [0.2, 0.25) is 0 Å². The van der Waals surface area contributed by atoms with Crippen molar-refractivity contribution >= 4 is 38.6 Å². The molecule has 1 saturated heterocycles. The lowest BCUT2D eigenvalue weighted by atomic mass is 9.80. The highest BCUT2D eigenvalue weighted by molar-refractivity contribution is 7.90. The molecule has 15 heteroatoms. The summed E-state index contributed by atoms with van der Waals surface area (Å²) >= 11 is 0. The normalized spacial score (nSPS) is 18.2. The van der Waals surface area contributed by atoms with Crippen LogP contribution in [0.1, 0.15) is 50.5 Å². The molecule has 1 amide bonds. The molecule has 0 spiro atoms. The van der Waals surface area contributed by atoms with Gasteiger partial charge in [0.05, 0.1) is 22.6 Å². The number of halogens is 2. The zero-order valence-electron chi connectivity index (χ0n) is 27.4. The maximum Gasteiger partial charge on any atom is 0.355 e. The molecule has 50 heavy (non-hydrogen) atoms. The molecule has 1 aromatic carbocycles. The van der Waals surface area contributed by atoms with E-state index in [1.165, 1.54) is 24.4 Å². The van der Waals surface area contributed by atoms with Gasteiger partial charge in [0.25, 0.3) is 0 Å². The number of carbonyl (C=O) groups is 2. The molecule has 0 radical (unpaired) electrons. The molecule has 2 saturated carbocycles. The average Bonchev–Trinajstić information content (AvgIpc) is 3.90. The molecule has 4 heterocycles. The first kappa shape index (κ1) is 33.4. The summed E-state index contributed by atoms with van der Waals surface area (Å²) in [6.07, 6.45) is 8.46. The quantitative estimate of drug-likeness (QED) is 0.148. The van der Waals surface area contributed by atoms with Crippen molar-refractivity contribution in [2.24, 2.45) is 5.92 Å². The number of fused-ring (bicyclic) bond motifs is 1. The number of pyridine rings is 2. The molecular weight excluding hydrogens is 670 g/mol. The van der Waals surface area contributed by atoms with E-state index in [2.05, 4.69) is 21.5 Å². The maximum atomic E-state index is 16.4. The molecule has 3 aliphatic rings. The van der Waals surface area contributed by atoms with Gasteiger partial charge in [-0.15, -0.1) is 0 Å². The Balaban J connectivity index is 1.52. The van der Waals surface area contributed by atoms with Gasteiger partial charge in [-0.2, -0.15) is 4.98 Å². The zero-order valence-corrected chi connectivity index (χ0v) is 28.3. The number of anilines is 1. The first-order valence-electron chi connectivity index (χ1n) is 16.4. The van der Waals surface area contributed by atoms with Crippen molar-refractivity contribution in [3.05, 3.63) is 77.0 Å². The number of benzene rings is 1. The second kappa shape index (κ2) is 12.7. The van der Waals surface area contributed by atoms with E-state index >= 15 is 8.78 Å². The van der Waals surface area contributed by atoms with Gasteiger partial charge < -0.3 is 14.5 Å². The first-order valence-corrected chi connectivity index (χ1v) is 18.3. The molecule has 12 nitrogen and oxygen atoms in total. The lowest BCUT2D eigenvalue weighted by Gasteiger charge is -2.40. The molecule has 0 N–H and O–H groups in total. The monoisotopic (exact) mass is 704 g/mol. The number of esters is 1. The molecule has 0 bridgehead atoms. The Morgan fingerprint density at radius 1 is 1.06 bits per heavy atom. The van der Waals surface area contributed by atoms with Crippen LogP contribution in [-0.2, 0) is 19.4 Å². The summed E-state index contributed by atoms with van der Waals surface area (Å²) in [5, 5.41) is 0.0462. The number of ether oxygens (including phenoxy) is 1. The summed E-state index contributed by atoms with van der Waals surface area (Å²) in [4.78, 5) is 55.6. The van der Waals surface area contributed by atoms with Crippen LogP contribution in [0.25, 0.3) is 28.0 Å². The second-order valence-corrected chi connectivity index (χ2v) is 15.0. The number of hydrogen-bond donors (Lipinski definition) is 0. The molecule has 3 fully saturated rings. The fraction of sp³-hybridized carbons (Fsp3) is 0.371. The number of hydrogen-bond acceptors (Lipinski definition) is 10. The van der Waals surface area contributed by atoms with Crippen LogP contribution in [0.5, 0.6) is 5.75 Å². The summed E-state index contributed by atoms with van der Waals surface area (Å²) < 4.78 is 65.1. The average molecular weight is 705 g/mol. The van der Waals surface area contributed by atoms with E-state index in [1.54, 1.807) is 9.80 Å². The topological polar surface area (TPSA) is 145 Å². The number of amides is 1. The van der Waals surface area contributed by atoms with Crippen molar-refractivity contribution in [3.63, 3.8) is 0 Å². The standard InChI is InChI=1S/C35H34F2N6O6S/c1-4-28(44)41-13-14-42(19(2)18-41)32-22-15-25(37)30(29-24(36)9-6-10-26(29)49-34(45)21-11-12-21)39-33(22)43(35(46)40-32)31-23(20-7-5-8-20)16-38-17-27(31)50(3,47)48/h4,6,9-10,15-17,19-21H,1,5,7-8,11-14,18H2,2-3H3/t19-/m0/s1. The van der Waals surface area contributed by atoms with E-state index in [0.29, 0.717) is 18.4 Å². The molecule has 7 rings (SSSR count). The molecule has 1 atom stereocenters. The molecule has 260 valence electrons. The molecule has 0 unspecified atom stereocenters. The smallest absolute Gasteiger partial charge is 0.355 e. The Labute approximate surface area is 286 Å². The van der Waals surface area contributed by atoms with Crippen molar-refractivity contribution in [2.45, 2.75) is 55.9 Å². The van der Waals surface area contributed by atoms with E-state index in [-0.39, 0.29) is 76.6 Å². The lowest BCUT2D eigenvalue weighted by Crippen LogP contribution is -2.54. The lowest BCUT2D eigenvalue weighted by molar-refractivity contribution is -0.135. The maximum absolute atomic E-state index is 16.4. The highest BCUT2D eigenvalue weighted by atomic mass is 32.2. The summed E-state index contributed by atoms with van der Waals surface area (Å²) in [5.74, 6) is -3.40. The van der Waals surface area contributed by atoms with Gasteiger partial charge in [0.15, 0.2) is 21.3 Å². The van der Waals surface area contributed by atoms with Gasteiger partial charge in [-0.1, -0.05) is 19.1 Å². The van der Waals surface area contributed by atoms with Crippen LogP contribution in [0.4, 0.5) is 14.6 Å². The molecular formula is C35H34F2N6O6S. The highest BCUT2D eigenvalue weighted by Gasteiger charge is 2.35. The predicted octanol–water partition coefficient (Wildman–Crippen LogP) is 4.33. The molecule has 2 aliphatic carbocycles. The van der Waals surface area contributed by atoms with Gasteiger partial charge in [-0.3, -0.25) is 14.6 Å². The van der Waals surface area contributed by atoms with Crippen LogP contribution in [0.3, 0.4) is 0 Å². The first-order chi connectivity index (χ1) is 23.9. The fourth-order valence-corrected chi connectivity index (χ4v) is 7.42. The summed E-state index contributed by atoms with van der Waals surface area (Å²) in [5.41, 5.74) is -1.59. The fourth-order valence-electron chi connectivity index (χ4n) is 6.61. The van der Waals surface area contributed by atoms with Gasteiger partial charge >= 0.3 is 11.7 Å². The van der Waals surface area contributed by atoms with Crippen LogP contribution >= 0.6 is 0 Å². The number of nitrogens with zero attached hydrogens (tertiary/aromatic N) is 6. The zero-order chi connectivity index (χ0) is 35.5. The third kappa shape index (κ3) is 5.92. The largest absolute Gasteiger partial charge is 0.425 e. The molecule has 1 aliphatic heterocycles. The van der Waals surface area contributed by atoms with Crippen molar-refractivity contribution in [2.75, 3.05) is 30.8 Å². The van der Waals surface area contributed by atoms with Crippen molar-refractivity contribution in [1.82, 2.24) is 24.4 Å². The minimum Gasteiger partial charge on any atom is -0.425 e. The van der Waals surface area contributed by atoms with Crippen molar-refractivity contribution in [3.8, 4) is 22.7 Å².